The zero-order valence-corrected chi connectivity index (χ0v) is 15.2. The fourth-order valence-electron chi connectivity index (χ4n) is 3.03. The molecule has 4 rings (SSSR count). The van der Waals surface area contributed by atoms with Crippen LogP contribution in [0.2, 0.25) is 0 Å². The van der Waals surface area contributed by atoms with E-state index in [0.29, 0.717) is 17.6 Å². The average Bonchev–Trinajstić information content (AvgIpc) is 3.23. The summed E-state index contributed by atoms with van der Waals surface area (Å²) in [6.07, 6.45) is 6.69. The van der Waals surface area contributed by atoms with Crippen molar-refractivity contribution < 1.29 is 4.79 Å². The third-order valence-corrected chi connectivity index (χ3v) is 4.49. The summed E-state index contributed by atoms with van der Waals surface area (Å²) in [7, 11) is 0. The van der Waals surface area contributed by atoms with Crippen molar-refractivity contribution in [3.05, 3.63) is 94.9 Å². The minimum atomic E-state index is -0.294. The monoisotopic (exact) mass is 373 g/mol. The fraction of sp³-hybridized carbons (Fsp3) is 0.143. The molecule has 7 heteroatoms. The summed E-state index contributed by atoms with van der Waals surface area (Å²) in [6.45, 7) is 1.12. The van der Waals surface area contributed by atoms with Gasteiger partial charge in [0.15, 0.2) is 0 Å². The molecule has 28 heavy (non-hydrogen) atoms. The second-order valence-electron chi connectivity index (χ2n) is 6.50. The van der Waals surface area contributed by atoms with Crippen LogP contribution in [0.15, 0.2) is 78.2 Å². The number of carbonyl (C=O) groups is 1. The van der Waals surface area contributed by atoms with E-state index in [-0.39, 0.29) is 18.0 Å². The highest BCUT2D eigenvalue weighted by Crippen LogP contribution is 2.09. The van der Waals surface area contributed by atoms with Gasteiger partial charge in [0.25, 0.3) is 5.56 Å². The lowest BCUT2D eigenvalue weighted by atomic mass is 10.1. The molecule has 0 unspecified atom stereocenters. The van der Waals surface area contributed by atoms with Crippen LogP contribution in [-0.4, -0.2) is 25.0 Å². The van der Waals surface area contributed by atoms with E-state index in [1.807, 2.05) is 53.2 Å². The maximum Gasteiger partial charge on any atom is 0.269 e. The Balaban J connectivity index is 1.38. The minimum Gasteiger partial charge on any atom is -0.350 e. The Morgan fingerprint density at radius 3 is 2.61 bits per heavy atom. The Morgan fingerprint density at radius 2 is 1.82 bits per heavy atom. The molecule has 0 bridgehead atoms. The topological polar surface area (TPSA) is 81.8 Å². The number of para-hydroxylation sites is 2. The molecule has 0 fully saturated rings. The number of hydrogen-bond acceptors (Lipinski definition) is 4. The second-order valence-corrected chi connectivity index (χ2v) is 6.50. The number of amides is 1. The van der Waals surface area contributed by atoms with Crippen molar-refractivity contribution in [3.8, 4) is 0 Å². The summed E-state index contributed by atoms with van der Waals surface area (Å²) in [5, 5.41) is 2.87. The van der Waals surface area contributed by atoms with Crippen molar-refractivity contribution >= 4 is 16.9 Å². The van der Waals surface area contributed by atoms with Gasteiger partial charge in [-0.2, -0.15) is 0 Å². The van der Waals surface area contributed by atoms with Crippen LogP contribution in [0.1, 0.15) is 11.1 Å². The molecular formula is C21H19N5O2. The average molecular weight is 373 g/mol. The largest absolute Gasteiger partial charge is 0.350 e. The Labute approximate surface area is 161 Å². The molecule has 2 aromatic carbocycles. The molecule has 0 atom stereocenters. The van der Waals surface area contributed by atoms with E-state index >= 15 is 0 Å². The molecule has 0 saturated carbocycles. The number of benzene rings is 2. The van der Waals surface area contributed by atoms with Crippen LogP contribution in [0.25, 0.3) is 11.0 Å². The van der Waals surface area contributed by atoms with E-state index in [1.165, 1.54) is 10.8 Å². The van der Waals surface area contributed by atoms with Gasteiger partial charge >= 0.3 is 0 Å². The van der Waals surface area contributed by atoms with Crippen LogP contribution in [0.5, 0.6) is 0 Å². The third kappa shape index (κ3) is 3.98. The van der Waals surface area contributed by atoms with Crippen molar-refractivity contribution in [1.82, 2.24) is 24.4 Å². The summed E-state index contributed by atoms with van der Waals surface area (Å²) in [5.74, 6) is -0.221. The van der Waals surface area contributed by atoms with Crippen LogP contribution in [-0.2, 0) is 24.4 Å². The first-order valence-corrected chi connectivity index (χ1v) is 8.94. The number of rotatable bonds is 6. The quantitative estimate of drug-likeness (QED) is 0.560. The van der Waals surface area contributed by atoms with Gasteiger partial charge in [-0.3, -0.25) is 14.2 Å². The zero-order valence-electron chi connectivity index (χ0n) is 15.2. The Bertz CT molecular complexity index is 1150. The Kier molecular flexibility index (Phi) is 4.97. The second kappa shape index (κ2) is 7.87. The van der Waals surface area contributed by atoms with Gasteiger partial charge in [-0.15, -0.1) is 0 Å². The first-order valence-electron chi connectivity index (χ1n) is 8.94. The fourth-order valence-corrected chi connectivity index (χ4v) is 3.03. The van der Waals surface area contributed by atoms with E-state index in [2.05, 4.69) is 15.3 Å². The van der Waals surface area contributed by atoms with Gasteiger partial charge in [0.2, 0.25) is 5.91 Å². The van der Waals surface area contributed by atoms with E-state index in [0.717, 1.165) is 17.7 Å². The molecule has 7 nitrogen and oxygen atoms in total. The van der Waals surface area contributed by atoms with Crippen LogP contribution in [0, 0.1) is 0 Å². The summed E-state index contributed by atoms with van der Waals surface area (Å²) >= 11 is 0. The highest BCUT2D eigenvalue weighted by atomic mass is 16.2. The van der Waals surface area contributed by atoms with Crippen molar-refractivity contribution in [3.63, 3.8) is 0 Å². The van der Waals surface area contributed by atoms with Gasteiger partial charge in [0.1, 0.15) is 6.54 Å². The third-order valence-electron chi connectivity index (χ3n) is 4.49. The Morgan fingerprint density at radius 1 is 1.04 bits per heavy atom. The molecule has 0 spiro atoms. The number of nitrogens with one attached hydrogen (secondary N) is 1. The first kappa shape index (κ1) is 17.7. The number of hydrogen-bond donors (Lipinski definition) is 1. The molecule has 0 aliphatic heterocycles. The molecule has 2 aromatic heterocycles. The standard InChI is InChI=1S/C21H19N5O2/c27-20(14-26-19-4-2-1-3-18(19)23-12-21(26)28)24-11-16-5-7-17(8-6-16)13-25-10-9-22-15-25/h1-10,12,15H,11,13-14H2,(H,24,27). The lowest BCUT2D eigenvalue weighted by Gasteiger charge is -2.10. The van der Waals surface area contributed by atoms with Gasteiger partial charge in [-0.1, -0.05) is 36.4 Å². The summed E-state index contributed by atoms with van der Waals surface area (Å²) in [6, 6.07) is 15.3. The molecule has 0 aliphatic rings. The van der Waals surface area contributed by atoms with Crippen molar-refractivity contribution in [2.24, 2.45) is 0 Å². The molecular weight excluding hydrogens is 354 g/mol. The number of carbonyl (C=O) groups excluding carboxylic acids is 1. The van der Waals surface area contributed by atoms with Crippen molar-refractivity contribution in [2.45, 2.75) is 19.6 Å². The van der Waals surface area contributed by atoms with Gasteiger partial charge in [0, 0.05) is 25.5 Å². The molecule has 1 amide bonds. The van der Waals surface area contributed by atoms with E-state index < -0.39 is 0 Å². The van der Waals surface area contributed by atoms with Gasteiger partial charge in [-0.25, -0.2) is 9.97 Å². The molecule has 0 aliphatic carbocycles. The Hall–Kier alpha value is -3.74. The van der Waals surface area contributed by atoms with E-state index in [9.17, 15) is 9.59 Å². The number of fused-ring (bicyclic) bond motifs is 1. The van der Waals surface area contributed by atoms with Crippen molar-refractivity contribution in [2.75, 3.05) is 0 Å². The molecule has 0 radical (unpaired) electrons. The lowest BCUT2D eigenvalue weighted by Crippen LogP contribution is -2.32. The maximum atomic E-state index is 12.4. The molecule has 1 N–H and O–H groups in total. The zero-order chi connectivity index (χ0) is 19.3. The van der Waals surface area contributed by atoms with Crippen LogP contribution < -0.4 is 10.9 Å². The van der Waals surface area contributed by atoms with E-state index in [1.54, 1.807) is 18.6 Å². The minimum absolute atomic E-state index is 0.0411. The SMILES string of the molecule is O=C(Cn1c(=O)cnc2ccccc21)NCc1ccc(Cn2ccnc2)cc1. The number of nitrogens with zero attached hydrogens (tertiary/aromatic N) is 4. The van der Waals surface area contributed by atoms with Gasteiger partial charge < -0.3 is 9.88 Å². The van der Waals surface area contributed by atoms with Gasteiger partial charge in [0.05, 0.1) is 23.6 Å². The van der Waals surface area contributed by atoms with Crippen LogP contribution >= 0.6 is 0 Å². The van der Waals surface area contributed by atoms with Crippen molar-refractivity contribution in [1.29, 1.82) is 0 Å². The number of aromatic nitrogens is 4. The number of imidazole rings is 1. The molecule has 4 aromatic rings. The first-order chi connectivity index (χ1) is 13.7. The van der Waals surface area contributed by atoms with Gasteiger partial charge in [-0.05, 0) is 23.3 Å². The predicted molar refractivity (Wildman–Crippen MR) is 106 cm³/mol. The molecule has 2 heterocycles. The maximum absolute atomic E-state index is 12.4. The van der Waals surface area contributed by atoms with Crippen LogP contribution in [0.3, 0.4) is 0 Å². The normalized spacial score (nSPS) is 10.9. The summed E-state index contributed by atoms with van der Waals surface area (Å²) in [5.41, 5.74) is 3.19. The lowest BCUT2D eigenvalue weighted by molar-refractivity contribution is -0.121. The predicted octanol–water partition coefficient (Wildman–Crippen LogP) is 1.96. The van der Waals surface area contributed by atoms with E-state index in [4.69, 9.17) is 0 Å². The summed E-state index contributed by atoms with van der Waals surface area (Å²) in [4.78, 5) is 32.6. The molecule has 0 saturated heterocycles. The highest BCUT2D eigenvalue weighted by molar-refractivity contribution is 5.79. The van der Waals surface area contributed by atoms with Crippen LogP contribution in [0.4, 0.5) is 0 Å². The smallest absolute Gasteiger partial charge is 0.269 e. The summed E-state index contributed by atoms with van der Waals surface area (Å²) < 4.78 is 3.43. The molecule has 140 valence electrons. The highest BCUT2D eigenvalue weighted by Gasteiger charge is 2.08.